The number of carbonyl (C=O) groups excluding carboxylic acids is 1. The number of hydrogen-bond acceptors (Lipinski definition) is 3. The van der Waals surface area contributed by atoms with Gasteiger partial charge >= 0.3 is 6.09 Å². The Morgan fingerprint density at radius 2 is 2.00 bits per heavy atom. The first-order valence-electron chi connectivity index (χ1n) is 5.99. The minimum Gasteiger partial charge on any atom is -0.444 e. The van der Waals surface area contributed by atoms with E-state index in [9.17, 15) is 4.79 Å². The quantitative estimate of drug-likeness (QED) is 0.804. The van der Waals surface area contributed by atoms with Gasteiger partial charge in [0.15, 0.2) is 0 Å². The molecule has 0 spiro atoms. The standard InChI is InChI=1S/C12H23NO3/c1-5-15-10-6-9(7-10)8-13-11(14)16-12(2,3)4/h9-10H,5-8H2,1-4H3,(H,13,14). The van der Waals surface area contributed by atoms with Crippen LogP contribution in [0.3, 0.4) is 0 Å². The molecule has 1 amide bonds. The Morgan fingerprint density at radius 1 is 1.38 bits per heavy atom. The zero-order valence-corrected chi connectivity index (χ0v) is 10.7. The molecular weight excluding hydrogens is 206 g/mol. The number of rotatable bonds is 4. The van der Waals surface area contributed by atoms with Crippen molar-refractivity contribution in [2.75, 3.05) is 13.2 Å². The third-order valence-corrected chi connectivity index (χ3v) is 2.53. The van der Waals surface area contributed by atoms with E-state index in [1.54, 1.807) is 0 Å². The topological polar surface area (TPSA) is 47.6 Å². The van der Waals surface area contributed by atoms with E-state index in [1.165, 1.54) is 0 Å². The van der Waals surface area contributed by atoms with Crippen LogP contribution in [0, 0.1) is 5.92 Å². The number of amides is 1. The summed E-state index contributed by atoms with van der Waals surface area (Å²) in [6, 6.07) is 0. The van der Waals surface area contributed by atoms with Gasteiger partial charge in [-0.1, -0.05) is 0 Å². The summed E-state index contributed by atoms with van der Waals surface area (Å²) in [5.74, 6) is 0.545. The first-order valence-corrected chi connectivity index (χ1v) is 5.99. The van der Waals surface area contributed by atoms with Crippen molar-refractivity contribution in [1.29, 1.82) is 0 Å². The predicted molar refractivity (Wildman–Crippen MR) is 62.4 cm³/mol. The van der Waals surface area contributed by atoms with Crippen LogP contribution in [0.5, 0.6) is 0 Å². The molecule has 94 valence electrons. The lowest BCUT2D eigenvalue weighted by molar-refractivity contribution is -0.0247. The molecule has 1 aliphatic carbocycles. The Bertz CT molecular complexity index is 229. The summed E-state index contributed by atoms with van der Waals surface area (Å²) >= 11 is 0. The normalized spacial score (nSPS) is 24.8. The highest BCUT2D eigenvalue weighted by Crippen LogP contribution is 2.29. The molecule has 4 heteroatoms. The van der Waals surface area contributed by atoms with Crippen molar-refractivity contribution in [3.8, 4) is 0 Å². The summed E-state index contributed by atoms with van der Waals surface area (Å²) in [7, 11) is 0. The van der Waals surface area contributed by atoms with Gasteiger partial charge in [0, 0.05) is 13.2 Å². The minimum absolute atomic E-state index is 0.327. The van der Waals surface area contributed by atoms with Crippen molar-refractivity contribution in [2.24, 2.45) is 5.92 Å². The van der Waals surface area contributed by atoms with E-state index in [0.29, 0.717) is 18.6 Å². The molecule has 0 atom stereocenters. The van der Waals surface area contributed by atoms with Crippen molar-refractivity contribution in [3.63, 3.8) is 0 Å². The molecule has 0 radical (unpaired) electrons. The second-order valence-corrected chi connectivity index (χ2v) is 5.30. The predicted octanol–water partition coefficient (Wildman–Crippen LogP) is 2.33. The van der Waals surface area contributed by atoms with Gasteiger partial charge in [0.2, 0.25) is 0 Å². The van der Waals surface area contributed by atoms with Crippen LogP contribution in [0.2, 0.25) is 0 Å². The first kappa shape index (κ1) is 13.3. The summed E-state index contributed by atoms with van der Waals surface area (Å²) in [6.07, 6.45) is 2.16. The lowest BCUT2D eigenvalue weighted by Crippen LogP contribution is -2.41. The number of nitrogens with one attached hydrogen (secondary N) is 1. The van der Waals surface area contributed by atoms with Crippen LogP contribution in [0.1, 0.15) is 40.5 Å². The van der Waals surface area contributed by atoms with E-state index in [-0.39, 0.29) is 6.09 Å². The average molecular weight is 229 g/mol. The maximum absolute atomic E-state index is 11.3. The van der Waals surface area contributed by atoms with Crippen molar-refractivity contribution in [1.82, 2.24) is 5.32 Å². The zero-order valence-electron chi connectivity index (χ0n) is 10.7. The molecule has 0 bridgehead atoms. The van der Waals surface area contributed by atoms with Gasteiger partial charge in [-0.2, -0.15) is 0 Å². The Morgan fingerprint density at radius 3 is 2.50 bits per heavy atom. The van der Waals surface area contributed by atoms with Gasteiger partial charge < -0.3 is 14.8 Å². The Labute approximate surface area is 97.7 Å². The Balaban J connectivity index is 2.06. The van der Waals surface area contributed by atoms with Gasteiger partial charge in [-0.3, -0.25) is 0 Å². The first-order chi connectivity index (χ1) is 7.40. The molecule has 0 aliphatic heterocycles. The molecule has 0 aromatic carbocycles. The largest absolute Gasteiger partial charge is 0.444 e. The molecule has 0 aromatic rings. The third-order valence-electron chi connectivity index (χ3n) is 2.53. The molecule has 16 heavy (non-hydrogen) atoms. The average Bonchev–Trinajstić information content (AvgIpc) is 2.05. The van der Waals surface area contributed by atoms with Crippen LogP contribution in [0.25, 0.3) is 0 Å². The molecule has 0 unspecified atom stereocenters. The number of hydrogen-bond donors (Lipinski definition) is 1. The highest BCUT2D eigenvalue weighted by atomic mass is 16.6. The fourth-order valence-electron chi connectivity index (χ4n) is 1.75. The van der Waals surface area contributed by atoms with E-state index in [0.717, 1.165) is 19.4 Å². The van der Waals surface area contributed by atoms with Crippen LogP contribution in [0.4, 0.5) is 4.79 Å². The molecule has 0 saturated heterocycles. The Kier molecular flexibility index (Phi) is 4.59. The minimum atomic E-state index is -0.419. The van der Waals surface area contributed by atoms with Gasteiger partial charge in [0.25, 0.3) is 0 Å². The van der Waals surface area contributed by atoms with Crippen LogP contribution in [0.15, 0.2) is 0 Å². The number of alkyl carbamates (subject to hydrolysis) is 1. The van der Waals surface area contributed by atoms with Gasteiger partial charge in [-0.15, -0.1) is 0 Å². The SMILES string of the molecule is CCOC1CC(CNC(=O)OC(C)(C)C)C1. The molecular formula is C12H23NO3. The van der Waals surface area contributed by atoms with Crippen molar-refractivity contribution < 1.29 is 14.3 Å². The van der Waals surface area contributed by atoms with Crippen molar-refractivity contribution in [2.45, 2.75) is 52.2 Å². The van der Waals surface area contributed by atoms with E-state index in [1.807, 2.05) is 27.7 Å². The molecule has 1 aliphatic rings. The molecule has 1 fully saturated rings. The summed E-state index contributed by atoms with van der Waals surface area (Å²) < 4.78 is 10.6. The van der Waals surface area contributed by atoms with Gasteiger partial charge in [0.05, 0.1) is 6.10 Å². The smallest absolute Gasteiger partial charge is 0.407 e. The molecule has 1 saturated carbocycles. The van der Waals surface area contributed by atoms with E-state index in [4.69, 9.17) is 9.47 Å². The third kappa shape index (κ3) is 4.84. The summed E-state index contributed by atoms with van der Waals surface area (Å²) in [5, 5.41) is 2.79. The summed E-state index contributed by atoms with van der Waals surface area (Å²) in [5.41, 5.74) is -0.419. The van der Waals surface area contributed by atoms with Crippen molar-refractivity contribution >= 4 is 6.09 Å². The molecule has 1 rings (SSSR count). The molecule has 1 N–H and O–H groups in total. The maximum Gasteiger partial charge on any atom is 0.407 e. The monoisotopic (exact) mass is 229 g/mol. The molecule has 0 heterocycles. The maximum atomic E-state index is 11.3. The summed E-state index contributed by atoms with van der Waals surface area (Å²) in [4.78, 5) is 11.3. The Hall–Kier alpha value is -0.770. The van der Waals surface area contributed by atoms with Crippen LogP contribution < -0.4 is 5.32 Å². The second-order valence-electron chi connectivity index (χ2n) is 5.30. The van der Waals surface area contributed by atoms with E-state index in [2.05, 4.69) is 5.32 Å². The molecule has 0 aromatic heterocycles. The summed E-state index contributed by atoms with van der Waals surface area (Å²) in [6.45, 7) is 9.06. The van der Waals surface area contributed by atoms with Gasteiger partial charge in [-0.25, -0.2) is 4.79 Å². The second kappa shape index (κ2) is 5.53. The lowest BCUT2D eigenvalue weighted by Gasteiger charge is -2.35. The van der Waals surface area contributed by atoms with E-state index < -0.39 is 5.60 Å². The fourth-order valence-corrected chi connectivity index (χ4v) is 1.75. The number of ether oxygens (including phenoxy) is 2. The number of carbonyl (C=O) groups is 1. The molecule has 4 nitrogen and oxygen atoms in total. The van der Waals surface area contributed by atoms with E-state index >= 15 is 0 Å². The van der Waals surface area contributed by atoms with Gasteiger partial charge in [0.1, 0.15) is 5.60 Å². The van der Waals surface area contributed by atoms with Gasteiger partial charge in [-0.05, 0) is 46.5 Å². The highest BCUT2D eigenvalue weighted by molar-refractivity contribution is 5.67. The lowest BCUT2D eigenvalue weighted by atomic mass is 9.82. The van der Waals surface area contributed by atoms with Crippen LogP contribution in [-0.4, -0.2) is 30.9 Å². The van der Waals surface area contributed by atoms with Crippen molar-refractivity contribution in [3.05, 3.63) is 0 Å². The van der Waals surface area contributed by atoms with Crippen LogP contribution in [-0.2, 0) is 9.47 Å². The highest BCUT2D eigenvalue weighted by Gasteiger charge is 2.30. The zero-order chi connectivity index (χ0) is 12.2. The fraction of sp³-hybridized carbons (Fsp3) is 0.917. The van der Waals surface area contributed by atoms with Crippen LogP contribution >= 0.6 is 0 Å².